The molecule has 89 heavy (non-hydrogen) atoms. The van der Waals surface area contributed by atoms with Crippen LogP contribution >= 0.6 is 15.6 Å². The molecule has 2 unspecified atom stereocenters. The molecule has 17 nitrogen and oxygen atoms in total. The van der Waals surface area contributed by atoms with Crippen LogP contribution in [-0.2, 0) is 65.4 Å². The van der Waals surface area contributed by atoms with Crippen LogP contribution in [0.5, 0.6) is 0 Å². The molecule has 0 radical (unpaired) electrons. The summed E-state index contributed by atoms with van der Waals surface area (Å²) in [5.74, 6) is -0.637. The fraction of sp³-hybridized carbons (Fsp3) is 0.943. The summed E-state index contributed by atoms with van der Waals surface area (Å²) in [5.41, 5.74) is 0. The van der Waals surface area contributed by atoms with Crippen molar-refractivity contribution >= 4 is 39.5 Å². The largest absolute Gasteiger partial charge is 0.472 e. The van der Waals surface area contributed by atoms with Crippen LogP contribution in [0.25, 0.3) is 0 Å². The summed E-state index contributed by atoms with van der Waals surface area (Å²) in [5, 5.41) is 10.6. The van der Waals surface area contributed by atoms with Gasteiger partial charge in [-0.15, -0.1) is 0 Å². The molecule has 0 rings (SSSR count). The van der Waals surface area contributed by atoms with E-state index in [1.165, 1.54) is 167 Å². The zero-order valence-electron chi connectivity index (χ0n) is 57.7. The number of ether oxygens (including phenoxy) is 4. The summed E-state index contributed by atoms with van der Waals surface area (Å²) in [7, 11) is -9.90. The lowest BCUT2D eigenvalue weighted by Gasteiger charge is -2.21. The second kappa shape index (κ2) is 62.2. The number of aliphatic hydroxyl groups is 1. The molecule has 528 valence electrons. The van der Waals surface area contributed by atoms with Gasteiger partial charge in [-0.3, -0.25) is 37.3 Å². The Balaban J connectivity index is 5.22. The Kier molecular flexibility index (Phi) is 60.8. The van der Waals surface area contributed by atoms with Gasteiger partial charge in [-0.1, -0.05) is 305 Å². The van der Waals surface area contributed by atoms with Gasteiger partial charge < -0.3 is 33.8 Å². The quantitative estimate of drug-likeness (QED) is 0.0222. The van der Waals surface area contributed by atoms with Crippen LogP contribution in [0.2, 0.25) is 0 Å². The first-order valence-corrected chi connectivity index (χ1v) is 39.5. The van der Waals surface area contributed by atoms with E-state index in [4.69, 9.17) is 37.0 Å². The summed E-state index contributed by atoms with van der Waals surface area (Å²) >= 11 is 0. The van der Waals surface area contributed by atoms with Gasteiger partial charge in [-0.25, -0.2) is 9.13 Å². The molecule has 0 heterocycles. The average Bonchev–Trinajstić information content (AvgIpc) is 3.62. The van der Waals surface area contributed by atoms with Crippen molar-refractivity contribution in [2.24, 2.45) is 11.8 Å². The number of carbonyl (C=O) groups is 4. The normalized spacial score (nSPS) is 14.1. The van der Waals surface area contributed by atoms with Gasteiger partial charge in [-0.05, 0) is 37.5 Å². The topological polar surface area (TPSA) is 237 Å². The maximum Gasteiger partial charge on any atom is 0.472 e. The van der Waals surface area contributed by atoms with Crippen LogP contribution < -0.4 is 0 Å². The molecule has 5 atom stereocenters. The SMILES string of the molecule is CCCCCCCCCCCCCCCCCCC(=O)O[C@H](COC(=O)CCCCCCCCCCCCCC(C)C)COP(=O)(O)OC[C@@H](O)COP(=O)(O)OC[C@@H](COC(=O)CCCCCCCCCC)OC(=O)CCCCCCCCCCC(C)C. The Morgan fingerprint density at radius 2 is 0.517 bits per heavy atom. The molecular weight excluding hydrogens is 1170 g/mol. The highest BCUT2D eigenvalue weighted by molar-refractivity contribution is 7.47. The van der Waals surface area contributed by atoms with Gasteiger partial charge in [0.15, 0.2) is 12.2 Å². The van der Waals surface area contributed by atoms with E-state index in [9.17, 15) is 43.2 Å². The van der Waals surface area contributed by atoms with Crippen molar-refractivity contribution in [3.63, 3.8) is 0 Å². The van der Waals surface area contributed by atoms with Crippen molar-refractivity contribution in [2.75, 3.05) is 39.6 Å². The van der Waals surface area contributed by atoms with E-state index in [2.05, 4.69) is 41.5 Å². The first kappa shape index (κ1) is 87.1. The average molecular weight is 1310 g/mol. The zero-order valence-corrected chi connectivity index (χ0v) is 59.5. The lowest BCUT2D eigenvalue weighted by molar-refractivity contribution is -0.161. The molecule has 0 aromatic heterocycles. The Labute approximate surface area is 543 Å². The zero-order chi connectivity index (χ0) is 65.7. The van der Waals surface area contributed by atoms with Crippen molar-refractivity contribution in [2.45, 2.75) is 374 Å². The molecule has 0 aromatic rings. The highest BCUT2D eigenvalue weighted by Crippen LogP contribution is 2.45. The van der Waals surface area contributed by atoms with Crippen LogP contribution in [0.3, 0.4) is 0 Å². The van der Waals surface area contributed by atoms with Gasteiger partial charge >= 0.3 is 39.5 Å². The third kappa shape index (κ3) is 64.6. The van der Waals surface area contributed by atoms with Gasteiger partial charge in [0.05, 0.1) is 26.4 Å². The number of hydrogen-bond acceptors (Lipinski definition) is 15. The molecule has 0 bridgehead atoms. The first-order valence-electron chi connectivity index (χ1n) is 36.5. The number of carbonyl (C=O) groups excluding carboxylic acids is 4. The second-order valence-corrected chi connectivity index (χ2v) is 29.1. The van der Waals surface area contributed by atoms with Crippen molar-refractivity contribution in [3.8, 4) is 0 Å². The highest BCUT2D eigenvalue weighted by atomic mass is 31.2. The maximum atomic E-state index is 13.0. The smallest absolute Gasteiger partial charge is 0.462 e. The number of rotatable bonds is 69. The lowest BCUT2D eigenvalue weighted by atomic mass is 10.0. The Hall–Kier alpha value is -1.94. The van der Waals surface area contributed by atoms with Crippen molar-refractivity contribution < 1.29 is 80.2 Å². The summed E-state index contributed by atoms with van der Waals surface area (Å²) in [6.45, 7) is 9.49. The molecule has 19 heteroatoms. The molecule has 0 aliphatic carbocycles. The molecule has 0 amide bonds. The van der Waals surface area contributed by atoms with Crippen LogP contribution in [-0.4, -0.2) is 96.7 Å². The fourth-order valence-electron chi connectivity index (χ4n) is 10.6. The predicted octanol–water partition coefficient (Wildman–Crippen LogP) is 20.0. The fourth-order valence-corrected chi connectivity index (χ4v) is 12.2. The Morgan fingerprint density at radius 3 is 0.764 bits per heavy atom. The molecule has 3 N–H and O–H groups in total. The minimum absolute atomic E-state index is 0.104. The Bertz CT molecular complexity index is 1730. The summed E-state index contributed by atoms with van der Waals surface area (Å²) in [6.07, 6.45) is 47.2. The number of unbranched alkanes of at least 4 members (excludes halogenated alkanes) is 39. The van der Waals surface area contributed by atoms with Crippen LogP contribution in [0, 0.1) is 11.8 Å². The molecule has 0 saturated carbocycles. The van der Waals surface area contributed by atoms with E-state index in [0.29, 0.717) is 25.7 Å². The van der Waals surface area contributed by atoms with E-state index in [0.717, 1.165) is 108 Å². The van der Waals surface area contributed by atoms with Crippen molar-refractivity contribution in [1.29, 1.82) is 0 Å². The number of phosphoric ester groups is 2. The van der Waals surface area contributed by atoms with E-state index < -0.39 is 97.5 Å². The van der Waals surface area contributed by atoms with Crippen molar-refractivity contribution in [1.82, 2.24) is 0 Å². The van der Waals surface area contributed by atoms with E-state index >= 15 is 0 Å². The molecule has 0 fully saturated rings. The molecule has 0 aliphatic rings. The van der Waals surface area contributed by atoms with Crippen molar-refractivity contribution in [3.05, 3.63) is 0 Å². The molecular formula is C70H136O17P2. The standard InChI is InChI=1S/C70H136O17P2/c1-7-9-11-13-15-17-18-19-20-21-22-25-29-36-42-48-54-69(74)86-66(59-81-68(73)53-47-41-35-28-26-23-24-27-32-38-44-50-62(3)4)61-85-89(78,79)83-57-64(71)56-82-88(76,77)84-60-65(58-80-67(72)52-46-40-34-16-14-12-10-8-2)87-70(75)55-49-43-37-31-30-33-39-45-51-63(5)6/h62-66,71H,7-61H2,1-6H3,(H,76,77)(H,78,79)/t64-,65+,66+/m0/s1. The highest BCUT2D eigenvalue weighted by Gasteiger charge is 2.30. The Morgan fingerprint density at radius 1 is 0.303 bits per heavy atom. The minimum Gasteiger partial charge on any atom is -0.462 e. The van der Waals surface area contributed by atoms with E-state index in [1.54, 1.807) is 0 Å². The third-order valence-corrected chi connectivity index (χ3v) is 18.1. The number of phosphoric acid groups is 2. The van der Waals surface area contributed by atoms with Crippen LogP contribution in [0.4, 0.5) is 0 Å². The second-order valence-electron chi connectivity index (χ2n) is 26.2. The number of hydrogen-bond donors (Lipinski definition) is 3. The molecule has 0 spiro atoms. The summed E-state index contributed by atoms with van der Waals surface area (Å²) < 4.78 is 68.2. The van der Waals surface area contributed by atoms with Gasteiger partial charge in [0.2, 0.25) is 0 Å². The number of aliphatic hydroxyl groups excluding tert-OH is 1. The maximum absolute atomic E-state index is 13.0. The number of esters is 4. The molecule has 0 aliphatic heterocycles. The third-order valence-electron chi connectivity index (χ3n) is 16.2. The molecule has 0 aromatic carbocycles. The van der Waals surface area contributed by atoms with Gasteiger partial charge in [0.25, 0.3) is 0 Å². The van der Waals surface area contributed by atoms with E-state index in [-0.39, 0.29) is 25.7 Å². The van der Waals surface area contributed by atoms with Gasteiger partial charge in [0, 0.05) is 25.7 Å². The van der Waals surface area contributed by atoms with Gasteiger partial charge in [0.1, 0.15) is 19.3 Å². The summed E-state index contributed by atoms with van der Waals surface area (Å²) in [6, 6.07) is 0. The lowest BCUT2D eigenvalue weighted by Crippen LogP contribution is -2.30. The molecule has 0 saturated heterocycles. The first-order chi connectivity index (χ1) is 42.9. The van der Waals surface area contributed by atoms with E-state index in [1.807, 2.05) is 0 Å². The summed E-state index contributed by atoms with van der Waals surface area (Å²) in [4.78, 5) is 72.5. The predicted molar refractivity (Wildman–Crippen MR) is 358 cm³/mol. The van der Waals surface area contributed by atoms with Crippen LogP contribution in [0.15, 0.2) is 0 Å². The minimum atomic E-state index is -4.95. The van der Waals surface area contributed by atoms with Gasteiger partial charge in [-0.2, -0.15) is 0 Å². The monoisotopic (exact) mass is 1310 g/mol. The van der Waals surface area contributed by atoms with Crippen LogP contribution in [0.1, 0.15) is 356 Å².